The first-order valence-electron chi connectivity index (χ1n) is 8.72. The summed E-state index contributed by atoms with van der Waals surface area (Å²) >= 11 is 11.6. The van der Waals surface area contributed by atoms with Crippen molar-refractivity contribution < 1.29 is 4.42 Å². The van der Waals surface area contributed by atoms with Gasteiger partial charge in [0.05, 0.1) is 12.3 Å². The zero-order valence-electron chi connectivity index (χ0n) is 14.4. The first-order valence-corrected chi connectivity index (χ1v) is 9.50. The van der Waals surface area contributed by atoms with E-state index in [4.69, 9.17) is 28.2 Å². The van der Waals surface area contributed by atoms with Crippen LogP contribution >= 0.6 is 23.8 Å². The molecule has 4 nitrogen and oxygen atoms in total. The Kier molecular flexibility index (Phi) is 6.34. The number of benzene rings is 1. The van der Waals surface area contributed by atoms with Crippen LogP contribution in [0.1, 0.15) is 36.6 Å². The quantitative estimate of drug-likeness (QED) is 0.735. The Morgan fingerprint density at radius 2 is 2.08 bits per heavy atom. The van der Waals surface area contributed by atoms with Crippen molar-refractivity contribution in [3.8, 4) is 0 Å². The van der Waals surface area contributed by atoms with E-state index < -0.39 is 0 Å². The highest BCUT2D eigenvalue weighted by molar-refractivity contribution is 7.80. The Labute approximate surface area is 159 Å². The summed E-state index contributed by atoms with van der Waals surface area (Å²) in [5.74, 6) is 0.982. The Bertz CT molecular complexity index is 699. The molecule has 3 rings (SSSR count). The van der Waals surface area contributed by atoms with Gasteiger partial charge in [-0.2, -0.15) is 0 Å². The molecule has 1 saturated heterocycles. The summed E-state index contributed by atoms with van der Waals surface area (Å²) in [4.78, 5) is 2.47. The first-order chi connectivity index (χ1) is 12.1. The van der Waals surface area contributed by atoms with Crippen molar-refractivity contribution in [1.82, 2.24) is 10.2 Å². The molecule has 2 heterocycles. The second-order valence-electron chi connectivity index (χ2n) is 6.43. The Hall–Kier alpha value is -1.56. The highest BCUT2D eigenvalue weighted by Crippen LogP contribution is 2.25. The predicted octanol–water partition coefficient (Wildman–Crippen LogP) is 4.76. The molecule has 134 valence electrons. The van der Waals surface area contributed by atoms with Crippen molar-refractivity contribution in [3.63, 3.8) is 0 Å². The van der Waals surface area contributed by atoms with Crippen LogP contribution in [0.4, 0.5) is 5.69 Å². The number of hydrogen-bond donors (Lipinski definition) is 2. The van der Waals surface area contributed by atoms with Crippen molar-refractivity contribution in [1.29, 1.82) is 0 Å². The minimum Gasteiger partial charge on any atom is -0.468 e. The van der Waals surface area contributed by atoms with Crippen molar-refractivity contribution in [2.24, 2.45) is 0 Å². The molecule has 1 atom stereocenters. The van der Waals surface area contributed by atoms with Gasteiger partial charge in [0.1, 0.15) is 5.76 Å². The summed E-state index contributed by atoms with van der Waals surface area (Å²) in [5, 5.41) is 7.85. The maximum Gasteiger partial charge on any atom is 0.170 e. The number of likely N-dealkylation sites (tertiary alicyclic amines) is 1. The molecule has 2 aromatic rings. The van der Waals surface area contributed by atoms with Gasteiger partial charge < -0.3 is 15.1 Å². The molecule has 0 unspecified atom stereocenters. The van der Waals surface area contributed by atoms with Gasteiger partial charge in [-0.3, -0.25) is 4.90 Å². The topological polar surface area (TPSA) is 40.4 Å². The number of furan rings is 1. The summed E-state index contributed by atoms with van der Waals surface area (Å²) in [5.41, 5.74) is 1.94. The Morgan fingerprint density at radius 1 is 1.28 bits per heavy atom. The highest BCUT2D eigenvalue weighted by atomic mass is 35.5. The Balaban J connectivity index is 1.60. The number of aryl methyl sites for hydroxylation is 1. The average molecular weight is 378 g/mol. The third kappa shape index (κ3) is 4.97. The monoisotopic (exact) mass is 377 g/mol. The molecule has 0 bridgehead atoms. The number of thiocarbonyl (C=S) groups is 1. The molecule has 0 aliphatic carbocycles. The van der Waals surface area contributed by atoms with Gasteiger partial charge >= 0.3 is 0 Å². The van der Waals surface area contributed by atoms with Gasteiger partial charge in [-0.05, 0) is 74.9 Å². The Morgan fingerprint density at radius 3 is 2.76 bits per heavy atom. The van der Waals surface area contributed by atoms with Crippen LogP contribution < -0.4 is 10.6 Å². The molecule has 0 saturated carbocycles. The number of halogens is 1. The molecular formula is C19H24ClN3OS. The lowest BCUT2D eigenvalue weighted by molar-refractivity contribution is 0.146. The van der Waals surface area contributed by atoms with Gasteiger partial charge in [-0.25, -0.2) is 0 Å². The number of hydrogen-bond acceptors (Lipinski definition) is 3. The second kappa shape index (κ2) is 8.70. The molecule has 1 aliphatic heterocycles. The van der Waals surface area contributed by atoms with E-state index in [2.05, 4.69) is 15.5 Å². The maximum absolute atomic E-state index is 6.17. The zero-order chi connectivity index (χ0) is 17.6. The van der Waals surface area contributed by atoms with Crippen molar-refractivity contribution in [2.45, 2.75) is 32.2 Å². The largest absolute Gasteiger partial charge is 0.468 e. The number of piperidine rings is 1. The van der Waals surface area contributed by atoms with Gasteiger partial charge in [0, 0.05) is 17.3 Å². The molecule has 6 heteroatoms. The number of anilines is 1. The van der Waals surface area contributed by atoms with E-state index in [0.717, 1.165) is 35.1 Å². The van der Waals surface area contributed by atoms with Crippen LogP contribution in [0.15, 0.2) is 41.0 Å². The molecule has 2 N–H and O–H groups in total. The predicted molar refractivity (Wildman–Crippen MR) is 107 cm³/mol. The highest BCUT2D eigenvalue weighted by Gasteiger charge is 2.24. The van der Waals surface area contributed by atoms with Crippen LogP contribution in [0.2, 0.25) is 5.02 Å². The second-order valence-corrected chi connectivity index (χ2v) is 7.24. The molecule has 25 heavy (non-hydrogen) atoms. The van der Waals surface area contributed by atoms with E-state index in [9.17, 15) is 0 Å². The van der Waals surface area contributed by atoms with Crippen LogP contribution in [0.5, 0.6) is 0 Å². The van der Waals surface area contributed by atoms with Crippen LogP contribution in [-0.4, -0.2) is 29.6 Å². The summed E-state index contributed by atoms with van der Waals surface area (Å²) < 4.78 is 5.67. The van der Waals surface area contributed by atoms with E-state index in [1.54, 1.807) is 6.26 Å². The van der Waals surface area contributed by atoms with Crippen LogP contribution in [0.3, 0.4) is 0 Å². The molecule has 1 fully saturated rings. The summed E-state index contributed by atoms with van der Waals surface area (Å²) in [6.07, 6.45) is 5.52. The molecule has 0 spiro atoms. The maximum atomic E-state index is 6.17. The normalized spacial score (nSPS) is 16.4. The number of rotatable bonds is 5. The third-order valence-corrected chi connectivity index (χ3v) is 5.24. The lowest BCUT2D eigenvalue weighted by Gasteiger charge is -2.33. The number of nitrogens with zero attached hydrogens (tertiary/aromatic N) is 1. The van der Waals surface area contributed by atoms with Gasteiger partial charge in [-0.1, -0.05) is 24.1 Å². The first kappa shape index (κ1) is 18.2. The van der Waals surface area contributed by atoms with E-state index in [0.29, 0.717) is 11.7 Å². The van der Waals surface area contributed by atoms with E-state index in [1.165, 1.54) is 19.3 Å². The lowest BCUT2D eigenvalue weighted by Crippen LogP contribution is -2.41. The van der Waals surface area contributed by atoms with Crippen LogP contribution in [0, 0.1) is 6.92 Å². The molecule has 1 aliphatic rings. The van der Waals surface area contributed by atoms with Gasteiger partial charge in [-0.15, -0.1) is 0 Å². The molecule has 1 aromatic heterocycles. The van der Waals surface area contributed by atoms with Crippen LogP contribution in [-0.2, 0) is 0 Å². The van der Waals surface area contributed by atoms with E-state index in [-0.39, 0.29) is 6.04 Å². The minimum absolute atomic E-state index is 0.191. The fraction of sp³-hybridized carbons (Fsp3) is 0.421. The van der Waals surface area contributed by atoms with E-state index in [1.807, 2.05) is 37.3 Å². The standard InChI is InChI=1S/C19H24ClN3OS/c1-14-7-8-15(12-16(14)20)22-19(25)21-13-17(18-6-5-11-24-18)23-9-3-2-4-10-23/h5-8,11-12,17H,2-4,9-10,13H2,1H3,(H2,21,22,25)/t17-/m0/s1. The fourth-order valence-corrected chi connectivity index (χ4v) is 3.54. The third-order valence-electron chi connectivity index (χ3n) is 4.59. The van der Waals surface area contributed by atoms with Gasteiger partial charge in [0.2, 0.25) is 0 Å². The smallest absolute Gasteiger partial charge is 0.170 e. The SMILES string of the molecule is Cc1ccc(NC(=S)NC[C@@H](c2ccco2)N2CCCCC2)cc1Cl. The lowest BCUT2D eigenvalue weighted by atomic mass is 10.1. The molecule has 0 amide bonds. The summed E-state index contributed by atoms with van der Waals surface area (Å²) in [7, 11) is 0. The zero-order valence-corrected chi connectivity index (χ0v) is 16.0. The minimum atomic E-state index is 0.191. The van der Waals surface area contributed by atoms with Crippen LogP contribution in [0.25, 0.3) is 0 Å². The van der Waals surface area contributed by atoms with Crippen molar-refractivity contribution >= 4 is 34.6 Å². The molecular weight excluding hydrogens is 354 g/mol. The van der Waals surface area contributed by atoms with Crippen molar-refractivity contribution in [2.75, 3.05) is 25.0 Å². The summed E-state index contributed by atoms with van der Waals surface area (Å²) in [6.45, 7) is 4.88. The fourth-order valence-electron chi connectivity index (χ4n) is 3.16. The molecule has 1 aromatic carbocycles. The molecule has 0 radical (unpaired) electrons. The van der Waals surface area contributed by atoms with Gasteiger partial charge in [0.15, 0.2) is 5.11 Å². The van der Waals surface area contributed by atoms with Crippen molar-refractivity contribution in [3.05, 3.63) is 52.9 Å². The average Bonchev–Trinajstić information content (AvgIpc) is 3.14. The van der Waals surface area contributed by atoms with Gasteiger partial charge in [0.25, 0.3) is 0 Å². The summed E-state index contributed by atoms with van der Waals surface area (Å²) in [6, 6.07) is 10.0. The number of nitrogens with one attached hydrogen (secondary N) is 2. The van der Waals surface area contributed by atoms with E-state index >= 15 is 0 Å².